The molecule has 0 saturated heterocycles. The minimum Gasteiger partial charge on any atom is -0.302 e. The van der Waals surface area contributed by atoms with E-state index in [4.69, 9.17) is 0 Å². The summed E-state index contributed by atoms with van der Waals surface area (Å²) >= 11 is 0. The number of nitrogens with zero attached hydrogens (tertiary/aromatic N) is 1. The molecule has 1 nitrogen and oxygen atoms in total. The molecule has 0 fully saturated rings. The fourth-order valence-corrected chi connectivity index (χ4v) is 3.98. The van der Waals surface area contributed by atoms with Gasteiger partial charge in [0.2, 0.25) is 0 Å². The molecule has 2 aliphatic rings. The lowest BCUT2D eigenvalue weighted by Gasteiger charge is -2.35. The van der Waals surface area contributed by atoms with Crippen LogP contribution in [-0.4, -0.2) is 25.0 Å². The predicted molar refractivity (Wildman–Crippen MR) is 85.9 cm³/mol. The Hall–Kier alpha value is -1.08. The van der Waals surface area contributed by atoms with Crippen LogP contribution >= 0.6 is 0 Å². The smallest absolute Gasteiger partial charge is 0.0192 e. The van der Waals surface area contributed by atoms with Gasteiger partial charge in [-0.25, -0.2) is 0 Å². The summed E-state index contributed by atoms with van der Waals surface area (Å²) in [4.78, 5) is 2.49. The Bertz CT molecular complexity index is 460. The summed E-state index contributed by atoms with van der Waals surface area (Å²) in [6.45, 7) is 2.51. The van der Waals surface area contributed by atoms with Crippen molar-refractivity contribution in [3.63, 3.8) is 0 Å². The number of aryl methyl sites for hydroxylation is 1. The second-order valence-corrected chi connectivity index (χ2v) is 6.58. The minimum atomic E-state index is 0.899. The van der Waals surface area contributed by atoms with Gasteiger partial charge in [0.1, 0.15) is 0 Å². The molecule has 0 bridgehead atoms. The quantitative estimate of drug-likeness (QED) is 0.730. The molecular formula is C19H27N. The monoisotopic (exact) mass is 269 g/mol. The summed E-state index contributed by atoms with van der Waals surface area (Å²) < 4.78 is 0. The van der Waals surface area contributed by atoms with E-state index in [1.807, 2.05) is 5.57 Å². The maximum absolute atomic E-state index is 2.49. The first-order chi connectivity index (χ1) is 9.83. The first kappa shape index (κ1) is 13.9. The highest BCUT2D eigenvalue weighted by molar-refractivity contribution is 5.24. The van der Waals surface area contributed by atoms with Crippen molar-refractivity contribution in [1.82, 2.24) is 4.90 Å². The van der Waals surface area contributed by atoms with E-state index in [9.17, 15) is 0 Å². The van der Waals surface area contributed by atoms with Crippen LogP contribution < -0.4 is 0 Å². The van der Waals surface area contributed by atoms with Crippen LogP contribution in [0.25, 0.3) is 0 Å². The van der Waals surface area contributed by atoms with Crippen LogP contribution in [0.4, 0.5) is 0 Å². The SMILES string of the molecule is CN1CCC2=C(CCCC2CCCc2ccccc2)C1. The number of hydrogen-bond donors (Lipinski definition) is 0. The summed E-state index contributed by atoms with van der Waals surface area (Å²) in [7, 11) is 2.27. The van der Waals surface area contributed by atoms with Crippen LogP contribution in [-0.2, 0) is 6.42 Å². The van der Waals surface area contributed by atoms with Gasteiger partial charge in [0.15, 0.2) is 0 Å². The van der Waals surface area contributed by atoms with Crippen LogP contribution in [0.3, 0.4) is 0 Å². The molecule has 108 valence electrons. The van der Waals surface area contributed by atoms with E-state index in [1.165, 1.54) is 63.6 Å². The molecule has 0 radical (unpaired) electrons. The lowest BCUT2D eigenvalue weighted by atomic mass is 9.77. The molecule has 1 aliphatic carbocycles. The average molecular weight is 269 g/mol. The van der Waals surface area contributed by atoms with Crippen molar-refractivity contribution in [3.05, 3.63) is 47.0 Å². The number of likely N-dealkylation sites (N-methyl/N-ethyl adjacent to an activating group) is 1. The minimum absolute atomic E-state index is 0.899. The summed E-state index contributed by atoms with van der Waals surface area (Å²) in [5.41, 5.74) is 5.14. The largest absolute Gasteiger partial charge is 0.302 e. The first-order valence-electron chi connectivity index (χ1n) is 8.26. The standard InChI is InChI=1S/C19H27N/c1-20-14-13-19-17(11-6-12-18(19)15-20)10-5-9-16-7-3-2-4-8-16/h2-4,7-8,17H,5-6,9-15H2,1H3. The normalized spacial score (nSPS) is 23.8. The van der Waals surface area contributed by atoms with Crippen molar-refractivity contribution in [1.29, 1.82) is 0 Å². The zero-order chi connectivity index (χ0) is 13.8. The third kappa shape index (κ3) is 3.32. The zero-order valence-electron chi connectivity index (χ0n) is 12.8. The average Bonchev–Trinajstić information content (AvgIpc) is 2.48. The van der Waals surface area contributed by atoms with Crippen LogP contribution in [0.5, 0.6) is 0 Å². The van der Waals surface area contributed by atoms with Crippen LogP contribution in [0.1, 0.15) is 44.1 Å². The molecule has 1 aromatic rings. The van der Waals surface area contributed by atoms with Crippen molar-refractivity contribution in [3.8, 4) is 0 Å². The summed E-state index contributed by atoms with van der Waals surface area (Å²) in [5.74, 6) is 0.899. The Labute approximate surface area is 123 Å². The molecule has 1 heterocycles. The Morgan fingerprint density at radius 3 is 2.85 bits per heavy atom. The van der Waals surface area contributed by atoms with E-state index < -0.39 is 0 Å². The summed E-state index contributed by atoms with van der Waals surface area (Å²) in [6.07, 6.45) is 9.56. The first-order valence-corrected chi connectivity index (χ1v) is 8.26. The third-order valence-corrected chi connectivity index (χ3v) is 5.06. The second kappa shape index (κ2) is 6.58. The molecule has 0 spiro atoms. The summed E-state index contributed by atoms with van der Waals surface area (Å²) in [6, 6.07) is 11.0. The van der Waals surface area contributed by atoms with Crippen molar-refractivity contribution in [2.45, 2.75) is 44.9 Å². The van der Waals surface area contributed by atoms with Gasteiger partial charge in [0.25, 0.3) is 0 Å². The Kier molecular flexibility index (Phi) is 4.57. The Morgan fingerprint density at radius 2 is 2.00 bits per heavy atom. The molecule has 1 aromatic carbocycles. The lowest BCUT2D eigenvalue weighted by molar-refractivity contribution is 0.307. The Balaban J connectivity index is 1.56. The van der Waals surface area contributed by atoms with E-state index in [2.05, 4.69) is 42.3 Å². The maximum atomic E-state index is 2.49. The van der Waals surface area contributed by atoms with E-state index in [-0.39, 0.29) is 0 Å². The molecule has 1 heteroatoms. The van der Waals surface area contributed by atoms with E-state index in [1.54, 1.807) is 5.57 Å². The molecule has 20 heavy (non-hydrogen) atoms. The summed E-state index contributed by atoms with van der Waals surface area (Å²) in [5, 5.41) is 0. The van der Waals surface area contributed by atoms with Crippen LogP contribution in [0, 0.1) is 5.92 Å². The highest BCUT2D eigenvalue weighted by atomic mass is 15.1. The van der Waals surface area contributed by atoms with Gasteiger partial charge in [-0.2, -0.15) is 0 Å². The molecule has 1 aliphatic heterocycles. The van der Waals surface area contributed by atoms with E-state index >= 15 is 0 Å². The highest BCUT2D eigenvalue weighted by Crippen LogP contribution is 2.37. The van der Waals surface area contributed by atoms with Gasteiger partial charge in [-0.3, -0.25) is 0 Å². The van der Waals surface area contributed by atoms with Crippen LogP contribution in [0.2, 0.25) is 0 Å². The van der Waals surface area contributed by atoms with E-state index in [0.29, 0.717) is 0 Å². The number of benzene rings is 1. The molecular weight excluding hydrogens is 242 g/mol. The molecule has 0 aromatic heterocycles. The van der Waals surface area contributed by atoms with E-state index in [0.717, 1.165) is 5.92 Å². The molecule has 1 unspecified atom stereocenters. The molecule has 0 N–H and O–H groups in total. The second-order valence-electron chi connectivity index (χ2n) is 6.58. The zero-order valence-corrected chi connectivity index (χ0v) is 12.8. The van der Waals surface area contributed by atoms with Crippen molar-refractivity contribution in [2.75, 3.05) is 20.1 Å². The highest BCUT2D eigenvalue weighted by Gasteiger charge is 2.26. The van der Waals surface area contributed by atoms with Crippen molar-refractivity contribution in [2.24, 2.45) is 5.92 Å². The van der Waals surface area contributed by atoms with Gasteiger partial charge >= 0.3 is 0 Å². The number of hydrogen-bond acceptors (Lipinski definition) is 1. The predicted octanol–water partition coefficient (Wildman–Crippen LogP) is 4.44. The number of rotatable bonds is 4. The molecule has 3 rings (SSSR count). The topological polar surface area (TPSA) is 3.24 Å². The van der Waals surface area contributed by atoms with Gasteiger partial charge in [-0.15, -0.1) is 0 Å². The van der Waals surface area contributed by atoms with Crippen molar-refractivity contribution >= 4 is 0 Å². The fraction of sp³-hybridized carbons (Fsp3) is 0.579. The molecule has 1 atom stereocenters. The van der Waals surface area contributed by atoms with Gasteiger partial charge < -0.3 is 4.90 Å². The van der Waals surface area contributed by atoms with Gasteiger partial charge in [0.05, 0.1) is 0 Å². The fourth-order valence-electron chi connectivity index (χ4n) is 3.98. The maximum Gasteiger partial charge on any atom is 0.0192 e. The van der Waals surface area contributed by atoms with Gasteiger partial charge in [-0.1, -0.05) is 41.5 Å². The Morgan fingerprint density at radius 1 is 1.15 bits per heavy atom. The van der Waals surface area contributed by atoms with Crippen molar-refractivity contribution < 1.29 is 0 Å². The molecule has 0 amide bonds. The lowest BCUT2D eigenvalue weighted by Crippen LogP contribution is -2.31. The third-order valence-electron chi connectivity index (χ3n) is 5.06. The van der Waals surface area contributed by atoms with Crippen LogP contribution in [0.15, 0.2) is 41.5 Å². The van der Waals surface area contributed by atoms with Gasteiger partial charge in [0, 0.05) is 13.1 Å². The van der Waals surface area contributed by atoms with Gasteiger partial charge in [-0.05, 0) is 63.5 Å². The molecule has 0 saturated carbocycles.